The topological polar surface area (TPSA) is 58.0 Å². The lowest BCUT2D eigenvalue weighted by molar-refractivity contribution is 0.412. The van der Waals surface area contributed by atoms with Crippen molar-refractivity contribution in [2.45, 2.75) is 0 Å². The van der Waals surface area contributed by atoms with Gasteiger partial charge in [0.25, 0.3) is 0 Å². The lowest BCUT2D eigenvalue weighted by Gasteiger charge is -2.11. The Balaban J connectivity index is 2.19. The van der Waals surface area contributed by atoms with Crippen molar-refractivity contribution >= 4 is 11.5 Å². The van der Waals surface area contributed by atoms with E-state index in [1.807, 2.05) is 0 Å². The van der Waals surface area contributed by atoms with E-state index in [-0.39, 0.29) is 11.7 Å². The van der Waals surface area contributed by atoms with Gasteiger partial charge in [0.05, 0.1) is 18.9 Å². The van der Waals surface area contributed by atoms with Gasteiger partial charge in [-0.2, -0.15) is 0 Å². The van der Waals surface area contributed by atoms with E-state index in [0.717, 1.165) is 0 Å². The third-order valence-corrected chi connectivity index (χ3v) is 2.39. The van der Waals surface area contributed by atoms with Crippen molar-refractivity contribution in [2.75, 3.05) is 12.4 Å². The summed E-state index contributed by atoms with van der Waals surface area (Å²) in [6, 6.07) is 7.48. The van der Waals surface area contributed by atoms with Crippen molar-refractivity contribution < 1.29 is 9.13 Å². The predicted octanol–water partition coefficient (Wildman–Crippen LogP) is 2.67. The molecule has 0 unspecified atom stereocenters. The third-order valence-electron chi connectivity index (χ3n) is 2.39. The van der Waals surface area contributed by atoms with Gasteiger partial charge >= 0.3 is 0 Å². The first-order valence-corrected chi connectivity index (χ1v) is 5.30. The number of nitrogens with zero attached hydrogens (tertiary/aromatic N) is 1. The molecule has 0 aliphatic rings. The Bertz CT molecular complexity index is 554. The third kappa shape index (κ3) is 2.63. The molecule has 0 bridgehead atoms. The van der Waals surface area contributed by atoms with E-state index in [4.69, 9.17) is 10.1 Å². The van der Waals surface area contributed by atoms with E-state index in [0.29, 0.717) is 17.0 Å². The quantitative estimate of drug-likeness (QED) is 0.645. The van der Waals surface area contributed by atoms with Crippen LogP contribution in [0.4, 0.5) is 10.1 Å². The fourth-order valence-corrected chi connectivity index (χ4v) is 1.49. The fraction of sp³-hybridized carbons (Fsp3) is 0.0769. The van der Waals surface area contributed by atoms with Gasteiger partial charge in [-0.3, -0.25) is 10.4 Å². The molecule has 0 spiro atoms. The summed E-state index contributed by atoms with van der Waals surface area (Å²) in [6.45, 7) is 0. The van der Waals surface area contributed by atoms with Crippen LogP contribution >= 0.6 is 0 Å². The van der Waals surface area contributed by atoms with Crippen LogP contribution in [0.3, 0.4) is 0 Å². The van der Waals surface area contributed by atoms with Crippen LogP contribution in [0.25, 0.3) is 0 Å². The second-order valence-corrected chi connectivity index (χ2v) is 3.58. The van der Waals surface area contributed by atoms with Gasteiger partial charge < -0.3 is 10.1 Å². The number of rotatable bonds is 3. The highest BCUT2D eigenvalue weighted by molar-refractivity contribution is 6.07. The van der Waals surface area contributed by atoms with Gasteiger partial charge in [0, 0.05) is 11.9 Å². The molecule has 2 rings (SSSR count). The Morgan fingerprint density at radius 3 is 2.67 bits per heavy atom. The van der Waals surface area contributed by atoms with Crippen LogP contribution in [-0.2, 0) is 0 Å². The lowest BCUT2D eigenvalue weighted by atomic mass is 10.2. The predicted molar refractivity (Wildman–Crippen MR) is 67.6 cm³/mol. The number of nitrogens with one attached hydrogen (secondary N) is 2. The molecule has 1 heterocycles. The molecule has 0 aliphatic carbocycles. The molecule has 0 aliphatic heterocycles. The molecule has 0 saturated heterocycles. The Hall–Kier alpha value is -2.43. The van der Waals surface area contributed by atoms with E-state index >= 15 is 0 Å². The molecule has 0 saturated carbocycles. The van der Waals surface area contributed by atoms with Crippen LogP contribution in [0.2, 0.25) is 0 Å². The highest BCUT2D eigenvalue weighted by Gasteiger charge is 2.08. The van der Waals surface area contributed by atoms with Gasteiger partial charge in [0.2, 0.25) is 0 Å². The SMILES string of the molecule is COc1cnccc1C(=N)Nc1ccc(F)cc1. The van der Waals surface area contributed by atoms with Gasteiger partial charge in [0.1, 0.15) is 17.4 Å². The average Bonchev–Trinajstić information content (AvgIpc) is 2.41. The van der Waals surface area contributed by atoms with Crippen LogP contribution in [0, 0.1) is 11.2 Å². The van der Waals surface area contributed by atoms with Crippen molar-refractivity contribution in [3.63, 3.8) is 0 Å². The number of aromatic nitrogens is 1. The normalized spacial score (nSPS) is 9.89. The van der Waals surface area contributed by atoms with Crippen LogP contribution in [-0.4, -0.2) is 17.9 Å². The van der Waals surface area contributed by atoms with Crippen LogP contribution in [0.15, 0.2) is 42.7 Å². The lowest BCUT2D eigenvalue weighted by Crippen LogP contribution is -2.13. The first kappa shape index (κ1) is 12.0. The summed E-state index contributed by atoms with van der Waals surface area (Å²) in [6.07, 6.45) is 3.12. The number of hydrogen-bond acceptors (Lipinski definition) is 3. The van der Waals surface area contributed by atoms with Crippen molar-refractivity contribution in [3.05, 3.63) is 54.1 Å². The van der Waals surface area contributed by atoms with Gasteiger partial charge in [0.15, 0.2) is 0 Å². The minimum absolute atomic E-state index is 0.167. The molecule has 0 atom stereocenters. The molecule has 0 amide bonds. The van der Waals surface area contributed by atoms with E-state index in [1.165, 1.54) is 25.4 Å². The maximum atomic E-state index is 12.8. The molecule has 92 valence electrons. The number of pyridine rings is 1. The van der Waals surface area contributed by atoms with Crippen LogP contribution in [0.5, 0.6) is 5.75 Å². The molecule has 1 aromatic carbocycles. The standard InChI is InChI=1S/C13H12FN3O/c1-18-12-8-16-7-6-11(12)13(15)17-10-4-2-9(14)3-5-10/h2-8H,1H3,(H2,15,17). The Kier molecular flexibility index (Phi) is 3.52. The van der Waals surface area contributed by atoms with Crippen molar-refractivity contribution in [1.82, 2.24) is 4.98 Å². The number of halogens is 1. The number of ether oxygens (including phenoxy) is 1. The molecule has 1 aromatic heterocycles. The average molecular weight is 245 g/mol. The molecule has 2 N–H and O–H groups in total. The summed E-state index contributed by atoms with van der Waals surface area (Å²) in [5, 5.41) is 10.8. The minimum atomic E-state index is -0.312. The molecular weight excluding hydrogens is 233 g/mol. The van der Waals surface area contributed by atoms with Crippen LogP contribution < -0.4 is 10.1 Å². The zero-order valence-electron chi connectivity index (χ0n) is 9.77. The monoisotopic (exact) mass is 245 g/mol. The highest BCUT2D eigenvalue weighted by Crippen LogP contribution is 2.17. The molecule has 4 nitrogen and oxygen atoms in total. The smallest absolute Gasteiger partial charge is 0.148 e. The summed E-state index contributed by atoms with van der Waals surface area (Å²) in [7, 11) is 1.52. The maximum absolute atomic E-state index is 12.8. The maximum Gasteiger partial charge on any atom is 0.148 e. The first-order chi connectivity index (χ1) is 8.70. The summed E-state index contributed by atoms with van der Waals surface area (Å²) in [5.74, 6) is 0.367. The van der Waals surface area contributed by atoms with E-state index in [9.17, 15) is 4.39 Å². The number of methoxy groups -OCH3 is 1. The van der Waals surface area contributed by atoms with Crippen molar-refractivity contribution in [3.8, 4) is 5.75 Å². The van der Waals surface area contributed by atoms with Crippen LogP contribution in [0.1, 0.15) is 5.56 Å². The molecule has 5 heteroatoms. The van der Waals surface area contributed by atoms with Gasteiger partial charge in [-0.25, -0.2) is 4.39 Å². The Morgan fingerprint density at radius 2 is 2.00 bits per heavy atom. The number of hydrogen-bond donors (Lipinski definition) is 2. The van der Waals surface area contributed by atoms with Gasteiger partial charge in [-0.1, -0.05) is 0 Å². The molecular formula is C13H12FN3O. The zero-order chi connectivity index (χ0) is 13.0. The van der Waals surface area contributed by atoms with Gasteiger partial charge in [-0.05, 0) is 30.3 Å². The van der Waals surface area contributed by atoms with Crippen molar-refractivity contribution in [2.24, 2.45) is 0 Å². The molecule has 0 fully saturated rings. The number of anilines is 1. The van der Waals surface area contributed by atoms with E-state index < -0.39 is 0 Å². The zero-order valence-corrected chi connectivity index (χ0v) is 9.77. The van der Waals surface area contributed by atoms with E-state index in [2.05, 4.69) is 10.3 Å². The largest absolute Gasteiger partial charge is 0.494 e. The minimum Gasteiger partial charge on any atom is -0.494 e. The highest BCUT2D eigenvalue weighted by atomic mass is 19.1. The molecule has 2 aromatic rings. The summed E-state index contributed by atoms with van der Waals surface area (Å²) in [5.41, 5.74) is 1.23. The Morgan fingerprint density at radius 1 is 1.28 bits per heavy atom. The van der Waals surface area contributed by atoms with Gasteiger partial charge in [-0.15, -0.1) is 0 Å². The number of benzene rings is 1. The summed E-state index contributed by atoms with van der Waals surface area (Å²) in [4.78, 5) is 3.92. The number of amidine groups is 1. The molecule has 0 radical (unpaired) electrons. The first-order valence-electron chi connectivity index (χ1n) is 5.30. The summed E-state index contributed by atoms with van der Waals surface area (Å²) >= 11 is 0. The Labute approximate surface area is 104 Å². The molecule has 18 heavy (non-hydrogen) atoms. The second kappa shape index (κ2) is 5.27. The second-order valence-electron chi connectivity index (χ2n) is 3.58. The fourth-order valence-electron chi connectivity index (χ4n) is 1.49. The van der Waals surface area contributed by atoms with E-state index in [1.54, 1.807) is 24.4 Å². The van der Waals surface area contributed by atoms with Crippen molar-refractivity contribution in [1.29, 1.82) is 5.41 Å². The summed E-state index contributed by atoms with van der Waals surface area (Å²) < 4.78 is 17.9.